The predicted octanol–water partition coefficient (Wildman–Crippen LogP) is 4.77. The number of carbonyl (C=O) groups is 2. The van der Waals surface area contributed by atoms with E-state index in [9.17, 15) is 33.0 Å². The predicted molar refractivity (Wildman–Crippen MR) is 137 cm³/mol. The van der Waals surface area contributed by atoms with Crippen molar-refractivity contribution in [3.8, 4) is 11.3 Å². The van der Waals surface area contributed by atoms with Gasteiger partial charge >= 0.3 is 6.09 Å². The smallest absolute Gasteiger partial charge is 0.404 e. The number of hydrogen-bond donors (Lipinski definition) is 4. The molecule has 0 saturated carbocycles. The van der Waals surface area contributed by atoms with Gasteiger partial charge in [-0.25, -0.2) is 22.9 Å². The van der Waals surface area contributed by atoms with Crippen LogP contribution >= 0.6 is 11.8 Å². The summed E-state index contributed by atoms with van der Waals surface area (Å²) in [6.07, 6.45) is 1.56. The summed E-state index contributed by atoms with van der Waals surface area (Å²) in [6, 6.07) is 4.86. The van der Waals surface area contributed by atoms with Crippen molar-refractivity contribution < 1.29 is 37.7 Å². The third-order valence-corrected chi connectivity index (χ3v) is 7.44. The van der Waals surface area contributed by atoms with Crippen LogP contribution in [0.1, 0.15) is 42.4 Å². The molecule has 206 valence electrons. The third-order valence-electron chi connectivity index (χ3n) is 6.69. The van der Waals surface area contributed by atoms with Crippen molar-refractivity contribution in [2.45, 2.75) is 49.0 Å². The summed E-state index contributed by atoms with van der Waals surface area (Å²) in [4.78, 5) is 32.4. The molecule has 9 nitrogen and oxygen atoms in total. The number of ether oxygens (including phenoxy) is 1. The standard InChI is InChI=1S/C26H25F3N4O5S/c1-12-26(2,37)20(33-25(35)36)10-18(38-12)13-8-9-30-11-17(13)32-24(34)16-6-4-15(28)23(31-16)21-14(27)5-7-19(39-3)22(21)29/h4-9,11-12,18,20,33,37H,10H2,1-3H3,(H,32,34)(H,35,36)/t12?,18-,20-,26-/m1/s1. The monoisotopic (exact) mass is 562 g/mol. The van der Waals surface area contributed by atoms with E-state index in [1.807, 2.05) is 0 Å². The van der Waals surface area contributed by atoms with Crippen LogP contribution in [0, 0.1) is 17.5 Å². The van der Waals surface area contributed by atoms with Crippen molar-refractivity contribution >= 4 is 29.4 Å². The topological polar surface area (TPSA) is 134 Å². The van der Waals surface area contributed by atoms with E-state index in [0.29, 0.717) is 5.56 Å². The van der Waals surface area contributed by atoms with Gasteiger partial charge in [-0.3, -0.25) is 9.78 Å². The normalized spacial score (nSPS) is 22.8. The summed E-state index contributed by atoms with van der Waals surface area (Å²) < 4.78 is 50.0. The Hall–Kier alpha value is -3.68. The highest BCUT2D eigenvalue weighted by atomic mass is 32.2. The van der Waals surface area contributed by atoms with E-state index in [4.69, 9.17) is 4.74 Å². The first-order valence-corrected chi connectivity index (χ1v) is 13.0. The molecule has 1 aliphatic rings. The Bertz CT molecular complexity index is 1420. The van der Waals surface area contributed by atoms with E-state index in [1.165, 1.54) is 25.4 Å². The molecule has 2 amide bonds. The Labute approximate surface area is 225 Å². The number of rotatable bonds is 6. The van der Waals surface area contributed by atoms with Crippen LogP contribution in [0.3, 0.4) is 0 Å². The average molecular weight is 563 g/mol. The maximum atomic E-state index is 14.9. The number of halogens is 3. The number of amides is 2. The van der Waals surface area contributed by atoms with Crippen LogP contribution in [0.5, 0.6) is 0 Å². The van der Waals surface area contributed by atoms with Crippen molar-refractivity contribution in [1.82, 2.24) is 15.3 Å². The summed E-state index contributed by atoms with van der Waals surface area (Å²) in [7, 11) is 0. The fourth-order valence-electron chi connectivity index (χ4n) is 4.36. The zero-order chi connectivity index (χ0) is 28.5. The number of nitrogens with one attached hydrogen (secondary N) is 2. The first-order chi connectivity index (χ1) is 18.4. The lowest BCUT2D eigenvalue weighted by Crippen LogP contribution is -2.60. The van der Waals surface area contributed by atoms with Gasteiger partial charge < -0.3 is 25.6 Å². The van der Waals surface area contributed by atoms with E-state index < -0.39 is 64.6 Å². The second kappa shape index (κ2) is 11.2. The number of anilines is 1. The van der Waals surface area contributed by atoms with E-state index in [-0.39, 0.29) is 22.7 Å². The molecule has 1 aliphatic heterocycles. The van der Waals surface area contributed by atoms with Gasteiger partial charge in [0, 0.05) is 23.1 Å². The van der Waals surface area contributed by atoms with Gasteiger partial charge in [-0.15, -0.1) is 11.8 Å². The molecule has 0 spiro atoms. The maximum Gasteiger partial charge on any atom is 0.404 e. The third kappa shape index (κ3) is 5.70. The second-order valence-electron chi connectivity index (χ2n) is 9.11. The molecular weight excluding hydrogens is 537 g/mol. The Kier molecular flexibility index (Phi) is 8.14. The lowest BCUT2D eigenvalue weighted by molar-refractivity contribution is -0.176. The minimum atomic E-state index is -1.50. The molecule has 4 N–H and O–H groups in total. The highest BCUT2D eigenvalue weighted by Crippen LogP contribution is 2.39. The summed E-state index contributed by atoms with van der Waals surface area (Å²) in [5.74, 6) is -3.86. The van der Waals surface area contributed by atoms with E-state index in [2.05, 4.69) is 20.6 Å². The average Bonchev–Trinajstić information content (AvgIpc) is 2.88. The number of pyridine rings is 2. The second-order valence-corrected chi connectivity index (χ2v) is 9.96. The molecule has 2 aromatic heterocycles. The van der Waals surface area contributed by atoms with Gasteiger partial charge in [0.1, 0.15) is 34.4 Å². The van der Waals surface area contributed by atoms with Crippen LogP contribution in [-0.2, 0) is 4.74 Å². The molecule has 0 aliphatic carbocycles. The molecule has 0 radical (unpaired) electrons. The molecule has 1 unspecified atom stereocenters. The zero-order valence-electron chi connectivity index (χ0n) is 21.0. The zero-order valence-corrected chi connectivity index (χ0v) is 21.9. The SMILES string of the molecule is CSc1ccc(F)c(-c2nc(C(=O)Nc3cnccc3[C@H]3C[C@@H](NC(=O)O)[C@](C)(O)C(C)O3)ccc2F)c1F. The number of thioether (sulfide) groups is 1. The van der Waals surface area contributed by atoms with Crippen molar-refractivity contribution in [2.24, 2.45) is 0 Å². The maximum absolute atomic E-state index is 14.9. The first kappa shape index (κ1) is 28.3. The van der Waals surface area contributed by atoms with Gasteiger partial charge in [-0.05, 0) is 50.4 Å². The Balaban J connectivity index is 1.65. The number of aromatic nitrogens is 2. The van der Waals surface area contributed by atoms with Crippen LogP contribution in [0.2, 0.25) is 0 Å². The molecule has 13 heteroatoms. The Morgan fingerprint density at radius 2 is 1.87 bits per heavy atom. The largest absolute Gasteiger partial charge is 0.465 e. The first-order valence-electron chi connectivity index (χ1n) is 11.8. The summed E-state index contributed by atoms with van der Waals surface area (Å²) >= 11 is 1.01. The molecule has 0 bridgehead atoms. The van der Waals surface area contributed by atoms with E-state index >= 15 is 0 Å². The van der Waals surface area contributed by atoms with Gasteiger partial charge in [0.25, 0.3) is 5.91 Å². The Morgan fingerprint density at radius 3 is 2.56 bits per heavy atom. The quantitative estimate of drug-likeness (QED) is 0.316. The van der Waals surface area contributed by atoms with E-state index in [1.54, 1.807) is 19.2 Å². The molecular formula is C26H25F3N4O5S. The summed E-state index contributed by atoms with van der Waals surface area (Å²) in [5.41, 5.74) is -2.55. The molecule has 39 heavy (non-hydrogen) atoms. The molecule has 1 aromatic carbocycles. The Morgan fingerprint density at radius 1 is 1.15 bits per heavy atom. The molecule has 1 saturated heterocycles. The highest BCUT2D eigenvalue weighted by Gasteiger charge is 2.46. The lowest BCUT2D eigenvalue weighted by atomic mass is 9.82. The number of carbonyl (C=O) groups excluding carboxylic acids is 1. The van der Waals surface area contributed by atoms with Gasteiger partial charge in [0.05, 0.1) is 35.7 Å². The highest BCUT2D eigenvalue weighted by molar-refractivity contribution is 7.98. The minimum absolute atomic E-state index is 0.0415. The van der Waals surface area contributed by atoms with Crippen molar-refractivity contribution in [3.05, 3.63) is 71.4 Å². The summed E-state index contributed by atoms with van der Waals surface area (Å²) in [6.45, 7) is 3.05. The van der Waals surface area contributed by atoms with Crippen molar-refractivity contribution in [3.63, 3.8) is 0 Å². The van der Waals surface area contributed by atoms with Gasteiger partial charge in [0.2, 0.25) is 0 Å². The van der Waals surface area contributed by atoms with Crippen LogP contribution in [-0.4, -0.2) is 56.2 Å². The molecule has 3 aromatic rings. The molecule has 4 rings (SSSR count). The van der Waals surface area contributed by atoms with Gasteiger partial charge in [-0.2, -0.15) is 0 Å². The number of aliphatic hydroxyl groups is 1. The number of carboxylic acid groups (broad SMARTS) is 1. The van der Waals surface area contributed by atoms with Crippen molar-refractivity contribution in [1.29, 1.82) is 0 Å². The van der Waals surface area contributed by atoms with Gasteiger partial charge in [-0.1, -0.05) is 0 Å². The van der Waals surface area contributed by atoms with Crippen LogP contribution < -0.4 is 10.6 Å². The fraction of sp³-hybridized carbons (Fsp3) is 0.308. The van der Waals surface area contributed by atoms with Crippen LogP contribution in [0.25, 0.3) is 11.3 Å². The number of hydrogen-bond acceptors (Lipinski definition) is 7. The summed E-state index contributed by atoms with van der Waals surface area (Å²) in [5, 5.41) is 24.9. The van der Waals surface area contributed by atoms with E-state index in [0.717, 1.165) is 30.0 Å². The molecule has 4 atom stereocenters. The lowest BCUT2D eigenvalue weighted by Gasteiger charge is -2.45. The number of nitrogens with zero attached hydrogens (tertiary/aromatic N) is 2. The molecule has 1 fully saturated rings. The van der Waals surface area contributed by atoms with Crippen LogP contribution in [0.15, 0.2) is 47.6 Å². The minimum Gasteiger partial charge on any atom is -0.465 e. The van der Waals surface area contributed by atoms with Crippen LogP contribution in [0.4, 0.5) is 23.7 Å². The van der Waals surface area contributed by atoms with Crippen molar-refractivity contribution in [2.75, 3.05) is 11.6 Å². The fourth-order valence-corrected chi connectivity index (χ4v) is 4.84. The van der Waals surface area contributed by atoms with Gasteiger partial charge in [0.15, 0.2) is 0 Å². The number of benzene rings is 1. The molecule has 3 heterocycles.